The average molecular weight is 303 g/mol. The van der Waals surface area contributed by atoms with Crippen LogP contribution in [0.4, 0.5) is 0 Å². The van der Waals surface area contributed by atoms with E-state index < -0.39 is 0 Å². The minimum absolute atomic E-state index is 0.339. The molecule has 0 saturated carbocycles. The summed E-state index contributed by atoms with van der Waals surface area (Å²) in [4.78, 5) is 4.34. The van der Waals surface area contributed by atoms with Crippen molar-refractivity contribution in [2.75, 3.05) is 0 Å². The number of halogens is 2. The third-order valence-electron chi connectivity index (χ3n) is 3.33. The van der Waals surface area contributed by atoms with E-state index in [1.165, 1.54) is 0 Å². The minimum Gasteiger partial charge on any atom is -0.320 e. The van der Waals surface area contributed by atoms with Gasteiger partial charge in [0.15, 0.2) is 0 Å². The van der Waals surface area contributed by atoms with Crippen LogP contribution in [0.2, 0.25) is 10.0 Å². The summed E-state index contributed by atoms with van der Waals surface area (Å²) in [6.07, 6.45) is 1.76. The largest absolute Gasteiger partial charge is 0.320 e. The van der Waals surface area contributed by atoms with Gasteiger partial charge in [-0.1, -0.05) is 53.5 Å². The standard InChI is InChI=1S/C16H12Cl2N2/c17-13-6-3-5-12(15(13)18)16(19)11-8-9-20-14-7-2-1-4-10(11)14/h1-9,16H,19H2. The van der Waals surface area contributed by atoms with Crippen molar-refractivity contribution in [1.82, 2.24) is 4.98 Å². The van der Waals surface area contributed by atoms with Crippen LogP contribution in [0.5, 0.6) is 0 Å². The lowest BCUT2D eigenvalue weighted by Crippen LogP contribution is -2.13. The van der Waals surface area contributed by atoms with Crippen LogP contribution in [0.1, 0.15) is 17.2 Å². The summed E-state index contributed by atoms with van der Waals surface area (Å²) in [6, 6.07) is 15.0. The van der Waals surface area contributed by atoms with Gasteiger partial charge < -0.3 is 5.73 Å². The van der Waals surface area contributed by atoms with E-state index >= 15 is 0 Å². The van der Waals surface area contributed by atoms with Crippen molar-refractivity contribution in [3.05, 3.63) is 75.9 Å². The Kier molecular flexibility index (Phi) is 3.62. The molecule has 1 aromatic heterocycles. The number of rotatable bonds is 2. The second-order valence-electron chi connectivity index (χ2n) is 4.54. The molecule has 0 saturated heterocycles. The monoisotopic (exact) mass is 302 g/mol. The summed E-state index contributed by atoms with van der Waals surface area (Å²) < 4.78 is 0. The molecule has 0 aliphatic carbocycles. The maximum Gasteiger partial charge on any atom is 0.0705 e. The van der Waals surface area contributed by atoms with Gasteiger partial charge in [0.2, 0.25) is 0 Å². The van der Waals surface area contributed by atoms with Crippen LogP contribution in [0.25, 0.3) is 10.9 Å². The number of pyridine rings is 1. The molecular weight excluding hydrogens is 291 g/mol. The molecule has 0 aliphatic rings. The molecular formula is C16H12Cl2N2. The van der Waals surface area contributed by atoms with Crippen molar-refractivity contribution in [2.45, 2.75) is 6.04 Å². The van der Waals surface area contributed by atoms with Crippen molar-refractivity contribution >= 4 is 34.1 Å². The summed E-state index contributed by atoms with van der Waals surface area (Å²) in [6.45, 7) is 0. The minimum atomic E-state index is -0.339. The SMILES string of the molecule is NC(c1cccc(Cl)c1Cl)c1ccnc2ccccc12. The highest BCUT2D eigenvalue weighted by Crippen LogP contribution is 2.33. The van der Waals surface area contributed by atoms with E-state index in [4.69, 9.17) is 28.9 Å². The number of hydrogen-bond acceptors (Lipinski definition) is 2. The number of para-hydroxylation sites is 1. The van der Waals surface area contributed by atoms with E-state index in [1.54, 1.807) is 12.3 Å². The molecule has 1 heterocycles. The first kappa shape index (κ1) is 13.4. The van der Waals surface area contributed by atoms with Gasteiger partial charge in [-0.2, -0.15) is 0 Å². The molecule has 20 heavy (non-hydrogen) atoms. The highest BCUT2D eigenvalue weighted by atomic mass is 35.5. The van der Waals surface area contributed by atoms with Gasteiger partial charge in [-0.3, -0.25) is 4.98 Å². The van der Waals surface area contributed by atoms with Crippen LogP contribution in [-0.4, -0.2) is 4.98 Å². The Hall–Kier alpha value is -1.61. The number of aromatic nitrogens is 1. The molecule has 2 nitrogen and oxygen atoms in total. The highest BCUT2D eigenvalue weighted by molar-refractivity contribution is 6.42. The van der Waals surface area contributed by atoms with Gasteiger partial charge in [0, 0.05) is 11.6 Å². The quantitative estimate of drug-likeness (QED) is 0.752. The van der Waals surface area contributed by atoms with Gasteiger partial charge in [-0.05, 0) is 29.3 Å². The lowest BCUT2D eigenvalue weighted by Gasteiger charge is -2.16. The molecule has 4 heteroatoms. The maximum absolute atomic E-state index is 6.38. The second-order valence-corrected chi connectivity index (χ2v) is 5.32. The number of fused-ring (bicyclic) bond motifs is 1. The molecule has 1 unspecified atom stereocenters. The first-order chi connectivity index (χ1) is 9.68. The normalized spacial score (nSPS) is 12.6. The molecule has 0 amide bonds. The van der Waals surface area contributed by atoms with Crippen molar-refractivity contribution in [2.24, 2.45) is 5.73 Å². The highest BCUT2D eigenvalue weighted by Gasteiger charge is 2.16. The van der Waals surface area contributed by atoms with Gasteiger partial charge >= 0.3 is 0 Å². The molecule has 0 radical (unpaired) electrons. The topological polar surface area (TPSA) is 38.9 Å². The molecule has 2 aromatic carbocycles. The molecule has 1 atom stereocenters. The first-order valence-corrected chi connectivity index (χ1v) is 6.97. The Morgan fingerprint density at radius 3 is 2.55 bits per heavy atom. The van der Waals surface area contributed by atoms with Crippen LogP contribution in [0.3, 0.4) is 0 Å². The van der Waals surface area contributed by atoms with Crippen LogP contribution in [0, 0.1) is 0 Å². The summed E-state index contributed by atoms with van der Waals surface area (Å²) in [5, 5.41) is 2.04. The van der Waals surface area contributed by atoms with Crippen LogP contribution in [0.15, 0.2) is 54.7 Å². The van der Waals surface area contributed by atoms with E-state index in [0.29, 0.717) is 10.0 Å². The van der Waals surface area contributed by atoms with E-state index in [0.717, 1.165) is 22.0 Å². The molecule has 0 spiro atoms. The fourth-order valence-corrected chi connectivity index (χ4v) is 2.74. The van der Waals surface area contributed by atoms with Crippen LogP contribution in [-0.2, 0) is 0 Å². The lowest BCUT2D eigenvalue weighted by molar-refractivity contribution is 0.879. The van der Waals surface area contributed by atoms with E-state index in [9.17, 15) is 0 Å². The molecule has 3 rings (SSSR count). The maximum atomic E-state index is 6.38. The van der Waals surface area contributed by atoms with Gasteiger partial charge in [0.25, 0.3) is 0 Å². The second kappa shape index (κ2) is 5.41. The van der Waals surface area contributed by atoms with Gasteiger partial charge in [-0.15, -0.1) is 0 Å². The Balaban J connectivity index is 2.18. The number of nitrogens with two attached hydrogens (primary N) is 1. The first-order valence-electron chi connectivity index (χ1n) is 6.21. The lowest BCUT2D eigenvalue weighted by atomic mass is 9.96. The molecule has 2 N–H and O–H groups in total. The fraction of sp³-hybridized carbons (Fsp3) is 0.0625. The van der Waals surface area contributed by atoms with Crippen molar-refractivity contribution in [3.8, 4) is 0 Å². The molecule has 100 valence electrons. The van der Waals surface area contributed by atoms with E-state index in [-0.39, 0.29) is 6.04 Å². The van der Waals surface area contributed by atoms with Crippen LogP contribution < -0.4 is 5.73 Å². The number of hydrogen-bond donors (Lipinski definition) is 1. The summed E-state index contributed by atoms with van der Waals surface area (Å²) >= 11 is 12.3. The summed E-state index contributed by atoms with van der Waals surface area (Å²) in [5.74, 6) is 0. The molecule has 0 aliphatic heterocycles. The molecule has 0 fully saturated rings. The van der Waals surface area contributed by atoms with Crippen molar-refractivity contribution < 1.29 is 0 Å². The predicted octanol–water partition coefficient (Wildman–Crippen LogP) is 4.59. The molecule has 3 aromatic rings. The van der Waals surface area contributed by atoms with Gasteiger partial charge in [-0.25, -0.2) is 0 Å². The number of nitrogens with zero attached hydrogens (tertiary/aromatic N) is 1. The predicted molar refractivity (Wildman–Crippen MR) is 84.2 cm³/mol. The van der Waals surface area contributed by atoms with Gasteiger partial charge in [0.05, 0.1) is 21.6 Å². The third kappa shape index (κ3) is 2.27. The Labute approximate surface area is 127 Å². The molecule has 0 bridgehead atoms. The Morgan fingerprint density at radius 2 is 1.70 bits per heavy atom. The zero-order chi connectivity index (χ0) is 14.1. The van der Waals surface area contributed by atoms with Crippen LogP contribution >= 0.6 is 23.2 Å². The third-order valence-corrected chi connectivity index (χ3v) is 4.17. The van der Waals surface area contributed by atoms with Gasteiger partial charge in [0.1, 0.15) is 0 Å². The summed E-state index contributed by atoms with van der Waals surface area (Å²) in [7, 11) is 0. The average Bonchev–Trinajstić information content (AvgIpc) is 2.49. The van der Waals surface area contributed by atoms with E-state index in [2.05, 4.69) is 4.98 Å². The smallest absolute Gasteiger partial charge is 0.0705 e. The zero-order valence-corrected chi connectivity index (χ0v) is 12.1. The van der Waals surface area contributed by atoms with Crippen molar-refractivity contribution in [1.29, 1.82) is 0 Å². The summed E-state index contributed by atoms with van der Waals surface area (Å²) in [5.41, 5.74) is 9.10. The number of benzene rings is 2. The zero-order valence-electron chi connectivity index (χ0n) is 10.6. The van der Waals surface area contributed by atoms with Crippen molar-refractivity contribution in [3.63, 3.8) is 0 Å². The Bertz CT molecular complexity index is 766. The fourth-order valence-electron chi connectivity index (χ4n) is 2.32. The Morgan fingerprint density at radius 1 is 0.900 bits per heavy atom. The van der Waals surface area contributed by atoms with E-state index in [1.807, 2.05) is 42.5 Å².